The summed E-state index contributed by atoms with van der Waals surface area (Å²) in [7, 11) is 0. The summed E-state index contributed by atoms with van der Waals surface area (Å²) in [5, 5.41) is 4.61. The molecule has 0 unspecified atom stereocenters. The van der Waals surface area contributed by atoms with Gasteiger partial charge in [-0.2, -0.15) is 5.10 Å². The maximum absolute atomic E-state index is 6.06. The minimum Gasteiger partial charge on any atom is -0.396 e. The maximum Gasteiger partial charge on any atom is 0.0911 e. The van der Waals surface area contributed by atoms with Crippen molar-refractivity contribution in [3.63, 3.8) is 0 Å². The first-order valence-electron chi connectivity index (χ1n) is 6.57. The van der Waals surface area contributed by atoms with E-state index in [1.165, 1.54) is 5.56 Å². The van der Waals surface area contributed by atoms with Crippen molar-refractivity contribution in [1.82, 2.24) is 9.78 Å². The summed E-state index contributed by atoms with van der Waals surface area (Å²) in [5.74, 6) is 0. The van der Waals surface area contributed by atoms with Crippen LogP contribution in [0, 0.1) is 0 Å². The van der Waals surface area contributed by atoms with Gasteiger partial charge in [-0.3, -0.25) is 0 Å². The van der Waals surface area contributed by atoms with Crippen LogP contribution in [0.5, 0.6) is 0 Å². The zero-order valence-corrected chi connectivity index (χ0v) is 11.9. The topological polar surface area (TPSA) is 69.9 Å². The van der Waals surface area contributed by atoms with Gasteiger partial charge in [-0.1, -0.05) is 32.9 Å². The van der Waals surface area contributed by atoms with Crippen LogP contribution >= 0.6 is 0 Å². The smallest absolute Gasteiger partial charge is 0.0911 e. The van der Waals surface area contributed by atoms with E-state index in [9.17, 15) is 0 Å². The van der Waals surface area contributed by atoms with Gasteiger partial charge in [-0.05, 0) is 30.7 Å². The van der Waals surface area contributed by atoms with Crippen molar-refractivity contribution >= 4 is 5.69 Å². The quantitative estimate of drug-likeness (QED) is 0.887. The van der Waals surface area contributed by atoms with E-state index >= 15 is 0 Å². The van der Waals surface area contributed by atoms with Gasteiger partial charge in [0.2, 0.25) is 0 Å². The Hall–Kier alpha value is -1.81. The van der Waals surface area contributed by atoms with Crippen molar-refractivity contribution in [2.24, 2.45) is 5.73 Å². The average Bonchev–Trinajstić information content (AvgIpc) is 2.72. The number of nitrogens with two attached hydrogens (primary N) is 2. The molecule has 0 fully saturated rings. The Labute approximate surface area is 114 Å². The Bertz CT molecular complexity index is 564. The second kappa shape index (κ2) is 5.05. The molecule has 0 amide bonds. The first-order valence-corrected chi connectivity index (χ1v) is 6.57. The lowest BCUT2D eigenvalue weighted by Gasteiger charge is -2.15. The Balaban J connectivity index is 2.40. The normalized spacial score (nSPS) is 11.8. The zero-order chi connectivity index (χ0) is 14.0. The standard InChI is InChI=1S/C15H22N4/c1-15(2,3)14-13(17)10-19(18-14)12-6-4-5-11(9-12)7-8-16/h4-6,9-10H,7-8,16-17H2,1-3H3. The van der Waals surface area contributed by atoms with Crippen molar-refractivity contribution in [2.75, 3.05) is 12.3 Å². The van der Waals surface area contributed by atoms with Gasteiger partial charge >= 0.3 is 0 Å². The lowest BCUT2D eigenvalue weighted by Crippen LogP contribution is -2.14. The predicted octanol–water partition coefficient (Wildman–Crippen LogP) is 2.25. The summed E-state index contributed by atoms with van der Waals surface area (Å²) in [4.78, 5) is 0. The van der Waals surface area contributed by atoms with Crippen LogP contribution in [0.15, 0.2) is 30.5 Å². The van der Waals surface area contributed by atoms with E-state index < -0.39 is 0 Å². The highest BCUT2D eigenvalue weighted by Gasteiger charge is 2.21. The fraction of sp³-hybridized carbons (Fsp3) is 0.400. The first kappa shape index (κ1) is 13.6. The van der Waals surface area contributed by atoms with Gasteiger partial charge in [0, 0.05) is 5.41 Å². The summed E-state index contributed by atoms with van der Waals surface area (Å²) in [6.07, 6.45) is 2.75. The highest BCUT2D eigenvalue weighted by molar-refractivity contribution is 5.47. The Kier molecular flexibility index (Phi) is 3.62. The summed E-state index contributed by atoms with van der Waals surface area (Å²) >= 11 is 0. The van der Waals surface area contributed by atoms with Crippen molar-refractivity contribution in [2.45, 2.75) is 32.6 Å². The number of aromatic nitrogens is 2. The van der Waals surface area contributed by atoms with Crippen LogP contribution in [0.1, 0.15) is 32.0 Å². The van der Waals surface area contributed by atoms with Gasteiger partial charge in [0.05, 0.1) is 23.3 Å². The van der Waals surface area contributed by atoms with E-state index in [1.54, 1.807) is 0 Å². The summed E-state index contributed by atoms with van der Waals surface area (Å²) in [5.41, 5.74) is 15.5. The number of nitrogens with zero attached hydrogens (tertiary/aromatic N) is 2. The van der Waals surface area contributed by atoms with E-state index in [4.69, 9.17) is 11.5 Å². The van der Waals surface area contributed by atoms with Gasteiger partial charge in [0.1, 0.15) is 0 Å². The van der Waals surface area contributed by atoms with Gasteiger partial charge in [-0.15, -0.1) is 0 Å². The molecular formula is C15H22N4. The molecule has 1 heterocycles. The number of nitrogen functional groups attached to an aromatic ring is 1. The summed E-state index contributed by atoms with van der Waals surface area (Å²) < 4.78 is 1.84. The molecule has 0 aliphatic rings. The molecule has 4 heteroatoms. The molecule has 102 valence electrons. The van der Waals surface area contributed by atoms with E-state index in [0.717, 1.165) is 23.5 Å². The maximum atomic E-state index is 6.06. The Morgan fingerprint density at radius 3 is 2.58 bits per heavy atom. The molecule has 2 rings (SSSR count). The SMILES string of the molecule is CC(C)(C)c1nn(-c2cccc(CCN)c2)cc1N. The van der Waals surface area contributed by atoms with Crippen LogP contribution < -0.4 is 11.5 Å². The first-order chi connectivity index (χ1) is 8.91. The van der Waals surface area contributed by atoms with Crippen molar-refractivity contribution in [3.05, 3.63) is 41.7 Å². The van der Waals surface area contributed by atoms with Crippen molar-refractivity contribution in [1.29, 1.82) is 0 Å². The highest BCUT2D eigenvalue weighted by Crippen LogP contribution is 2.27. The monoisotopic (exact) mass is 258 g/mol. The van der Waals surface area contributed by atoms with E-state index in [-0.39, 0.29) is 5.41 Å². The third kappa shape index (κ3) is 2.96. The molecule has 4 N–H and O–H groups in total. The summed E-state index contributed by atoms with van der Waals surface area (Å²) in [6, 6.07) is 8.23. The van der Waals surface area contributed by atoms with Gasteiger partial charge in [0.25, 0.3) is 0 Å². The molecule has 19 heavy (non-hydrogen) atoms. The number of hydrogen-bond acceptors (Lipinski definition) is 3. The molecule has 4 nitrogen and oxygen atoms in total. The second-order valence-corrected chi connectivity index (χ2v) is 5.84. The third-order valence-electron chi connectivity index (χ3n) is 3.06. The molecule has 0 aliphatic carbocycles. The predicted molar refractivity (Wildman–Crippen MR) is 79.4 cm³/mol. The van der Waals surface area contributed by atoms with Crippen molar-refractivity contribution in [3.8, 4) is 5.69 Å². The molecule has 1 aromatic heterocycles. The average molecular weight is 258 g/mol. The van der Waals surface area contributed by atoms with E-state index in [2.05, 4.69) is 38.0 Å². The highest BCUT2D eigenvalue weighted by atomic mass is 15.3. The van der Waals surface area contributed by atoms with Crippen LogP contribution in [0.2, 0.25) is 0 Å². The number of rotatable bonds is 3. The van der Waals surface area contributed by atoms with Crippen LogP contribution in [0.4, 0.5) is 5.69 Å². The molecule has 0 bridgehead atoms. The molecular weight excluding hydrogens is 236 g/mol. The summed E-state index contributed by atoms with van der Waals surface area (Å²) in [6.45, 7) is 6.99. The largest absolute Gasteiger partial charge is 0.396 e. The molecule has 0 spiro atoms. The molecule has 2 aromatic rings. The van der Waals surface area contributed by atoms with Gasteiger partial charge < -0.3 is 11.5 Å². The fourth-order valence-electron chi connectivity index (χ4n) is 2.12. The minimum absolute atomic E-state index is 0.0514. The van der Waals surface area contributed by atoms with Crippen LogP contribution in [-0.2, 0) is 11.8 Å². The van der Waals surface area contributed by atoms with Crippen LogP contribution in [-0.4, -0.2) is 16.3 Å². The van der Waals surface area contributed by atoms with Crippen LogP contribution in [0.25, 0.3) is 5.69 Å². The molecule has 0 saturated carbocycles. The lowest BCUT2D eigenvalue weighted by molar-refractivity contribution is 0.562. The molecule has 0 atom stereocenters. The molecule has 1 aromatic carbocycles. The number of benzene rings is 1. The minimum atomic E-state index is -0.0514. The molecule has 0 radical (unpaired) electrons. The number of hydrogen-bond donors (Lipinski definition) is 2. The lowest BCUT2D eigenvalue weighted by atomic mass is 9.92. The zero-order valence-electron chi connectivity index (χ0n) is 11.9. The Morgan fingerprint density at radius 2 is 2.00 bits per heavy atom. The third-order valence-corrected chi connectivity index (χ3v) is 3.06. The van der Waals surface area contributed by atoms with E-state index in [1.807, 2.05) is 23.0 Å². The molecule has 0 aliphatic heterocycles. The van der Waals surface area contributed by atoms with Crippen molar-refractivity contribution < 1.29 is 0 Å². The van der Waals surface area contributed by atoms with E-state index in [0.29, 0.717) is 6.54 Å². The Morgan fingerprint density at radius 1 is 1.26 bits per heavy atom. The fourth-order valence-corrected chi connectivity index (χ4v) is 2.12. The second-order valence-electron chi connectivity index (χ2n) is 5.84. The number of anilines is 1. The van der Waals surface area contributed by atoms with Gasteiger partial charge in [0.15, 0.2) is 0 Å². The van der Waals surface area contributed by atoms with Gasteiger partial charge in [-0.25, -0.2) is 4.68 Å². The molecule has 0 saturated heterocycles. The van der Waals surface area contributed by atoms with Crippen LogP contribution in [0.3, 0.4) is 0 Å².